The molecule has 0 aliphatic carbocycles. The zero-order chi connectivity index (χ0) is 19.3. The SMILES string of the molecule is CC(C)COc1ccccc1NC(=O)c1ccc([N+](=O)[O-])cc1[N+](=O)[O-]. The van der Waals surface area contributed by atoms with Gasteiger partial charge < -0.3 is 10.1 Å². The summed E-state index contributed by atoms with van der Waals surface area (Å²) >= 11 is 0. The van der Waals surface area contributed by atoms with E-state index in [0.29, 0.717) is 18.0 Å². The standard InChI is InChI=1S/C17H17N3O6/c1-11(2)10-26-16-6-4-3-5-14(16)18-17(21)13-8-7-12(19(22)23)9-15(13)20(24)25/h3-9,11H,10H2,1-2H3,(H,18,21). The second-order valence-corrected chi connectivity index (χ2v) is 5.87. The van der Waals surface area contributed by atoms with Crippen molar-refractivity contribution in [1.82, 2.24) is 0 Å². The number of hydrogen-bond acceptors (Lipinski definition) is 6. The Labute approximate surface area is 148 Å². The molecule has 0 aromatic heterocycles. The highest BCUT2D eigenvalue weighted by atomic mass is 16.6. The summed E-state index contributed by atoms with van der Waals surface area (Å²) in [5, 5.41) is 24.5. The van der Waals surface area contributed by atoms with Gasteiger partial charge in [-0.15, -0.1) is 0 Å². The molecule has 0 saturated carbocycles. The van der Waals surface area contributed by atoms with Crippen LogP contribution in [0.3, 0.4) is 0 Å². The molecule has 0 aliphatic rings. The van der Waals surface area contributed by atoms with Crippen LogP contribution in [0.5, 0.6) is 5.75 Å². The summed E-state index contributed by atoms with van der Waals surface area (Å²) in [6.45, 7) is 4.38. The Bertz CT molecular complexity index is 850. The van der Waals surface area contributed by atoms with Crippen LogP contribution in [-0.4, -0.2) is 22.4 Å². The molecule has 0 fully saturated rings. The number of nitro benzene ring substituents is 2. The van der Waals surface area contributed by atoms with Crippen LogP contribution in [0.25, 0.3) is 0 Å². The van der Waals surface area contributed by atoms with Gasteiger partial charge >= 0.3 is 0 Å². The van der Waals surface area contributed by atoms with Crippen LogP contribution in [0, 0.1) is 26.1 Å². The molecule has 2 aromatic rings. The minimum atomic E-state index is -0.830. The lowest BCUT2D eigenvalue weighted by molar-refractivity contribution is -0.394. The van der Waals surface area contributed by atoms with E-state index in [-0.39, 0.29) is 11.5 Å². The van der Waals surface area contributed by atoms with Gasteiger partial charge in [0.25, 0.3) is 17.3 Å². The zero-order valence-electron chi connectivity index (χ0n) is 14.2. The van der Waals surface area contributed by atoms with Crippen LogP contribution in [-0.2, 0) is 0 Å². The first-order valence-corrected chi connectivity index (χ1v) is 7.75. The monoisotopic (exact) mass is 359 g/mol. The molecular formula is C17H17N3O6. The second-order valence-electron chi connectivity index (χ2n) is 5.87. The van der Waals surface area contributed by atoms with Crippen molar-refractivity contribution in [2.24, 2.45) is 5.92 Å². The first kappa shape index (κ1) is 18.8. The van der Waals surface area contributed by atoms with E-state index in [1.54, 1.807) is 24.3 Å². The van der Waals surface area contributed by atoms with E-state index in [0.717, 1.165) is 18.2 Å². The van der Waals surface area contributed by atoms with Crippen molar-refractivity contribution in [1.29, 1.82) is 0 Å². The van der Waals surface area contributed by atoms with Gasteiger partial charge in [0.2, 0.25) is 0 Å². The molecule has 0 saturated heterocycles. The Balaban J connectivity index is 2.31. The summed E-state index contributed by atoms with van der Waals surface area (Å²) in [7, 11) is 0. The minimum absolute atomic E-state index is 0.273. The highest BCUT2D eigenvalue weighted by Gasteiger charge is 2.24. The summed E-state index contributed by atoms with van der Waals surface area (Å²) < 4.78 is 5.63. The third kappa shape index (κ3) is 4.53. The minimum Gasteiger partial charge on any atom is -0.491 e. The van der Waals surface area contributed by atoms with Gasteiger partial charge in [-0.3, -0.25) is 25.0 Å². The van der Waals surface area contributed by atoms with Gasteiger partial charge in [-0.25, -0.2) is 0 Å². The molecule has 9 heteroatoms. The van der Waals surface area contributed by atoms with Crippen LogP contribution in [0.1, 0.15) is 24.2 Å². The number of nitrogens with zero attached hydrogens (tertiary/aromatic N) is 2. The van der Waals surface area contributed by atoms with Crippen molar-refractivity contribution in [2.75, 3.05) is 11.9 Å². The molecule has 0 radical (unpaired) electrons. The third-order valence-electron chi connectivity index (χ3n) is 3.34. The average Bonchev–Trinajstić information content (AvgIpc) is 2.60. The summed E-state index contributed by atoms with van der Waals surface area (Å²) in [5.74, 6) is -0.0548. The molecule has 0 atom stereocenters. The molecule has 0 bridgehead atoms. The van der Waals surface area contributed by atoms with E-state index in [1.165, 1.54) is 0 Å². The van der Waals surface area contributed by atoms with Crippen molar-refractivity contribution in [3.8, 4) is 5.75 Å². The summed E-state index contributed by atoms with van der Waals surface area (Å²) in [4.78, 5) is 32.8. The van der Waals surface area contributed by atoms with Gasteiger partial charge in [0, 0.05) is 6.07 Å². The molecule has 26 heavy (non-hydrogen) atoms. The predicted octanol–water partition coefficient (Wildman–Crippen LogP) is 3.79. The third-order valence-corrected chi connectivity index (χ3v) is 3.34. The number of amides is 1. The van der Waals surface area contributed by atoms with Gasteiger partial charge in [0.05, 0.1) is 28.2 Å². The molecule has 0 spiro atoms. The largest absolute Gasteiger partial charge is 0.491 e. The first-order chi connectivity index (χ1) is 12.3. The van der Waals surface area contributed by atoms with Gasteiger partial charge in [-0.1, -0.05) is 26.0 Å². The van der Waals surface area contributed by atoms with E-state index in [1.807, 2.05) is 13.8 Å². The van der Waals surface area contributed by atoms with E-state index in [9.17, 15) is 25.0 Å². The van der Waals surface area contributed by atoms with Crippen LogP contribution in [0.2, 0.25) is 0 Å². The van der Waals surface area contributed by atoms with Crippen molar-refractivity contribution < 1.29 is 19.4 Å². The average molecular weight is 359 g/mol. The Morgan fingerprint density at radius 3 is 2.42 bits per heavy atom. The van der Waals surface area contributed by atoms with Crippen molar-refractivity contribution >= 4 is 23.0 Å². The van der Waals surface area contributed by atoms with E-state index < -0.39 is 27.1 Å². The lowest BCUT2D eigenvalue weighted by atomic mass is 10.1. The molecule has 9 nitrogen and oxygen atoms in total. The maximum absolute atomic E-state index is 12.5. The van der Waals surface area contributed by atoms with E-state index >= 15 is 0 Å². The number of hydrogen-bond donors (Lipinski definition) is 1. The highest BCUT2D eigenvalue weighted by molar-refractivity contribution is 6.07. The molecule has 1 amide bonds. The fraction of sp³-hybridized carbons (Fsp3) is 0.235. The number of rotatable bonds is 7. The van der Waals surface area contributed by atoms with Gasteiger partial charge in [-0.2, -0.15) is 0 Å². The number of ether oxygens (including phenoxy) is 1. The Hall–Kier alpha value is -3.49. The van der Waals surface area contributed by atoms with Gasteiger partial charge in [0.1, 0.15) is 11.3 Å². The molecular weight excluding hydrogens is 342 g/mol. The van der Waals surface area contributed by atoms with E-state index in [2.05, 4.69) is 5.32 Å². The topological polar surface area (TPSA) is 125 Å². The molecule has 2 rings (SSSR count). The number of non-ortho nitro benzene ring substituents is 1. The molecule has 0 heterocycles. The van der Waals surface area contributed by atoms with E-state index in [4.69, 9.17) is 4.74 Å². The maximum Gasteiger partial charge on any atom is 0.289 e. The number of carbonyl (C=O) groups is 1. The molecule has 2 aromatic carbocycles. The number of benzene rings is 2. The van der Waals surface area contributed by atoms with Gasteiger partial charge in [-0.05, 0) is 24.1 Å². The predicted molar refractivity (Wildman–Crippen MR) is 94.5 cm³/mol. The maximum atomic E-state index is 12.5. The normalized spacial score (nSPS) is 10.4. The fourth-order valence-corrected chi connectivity index (χ4v) is 2.12. The first-order valence-electron chi connectivity index (χ1n) is 7.75. The smallest absolute Gasteiger partial charge is 0.289 e. The lowest BCUT2D eigenvalue weighted by Crippen LogP contribution is -2.15. The Morgan fingerprint density at radius 1 is 1.12 bits per heavy atom. The fourth-order valence-electron chi connectivity index (χ4n) is 2.12. The lowest BCUT2D eigenvalue weighted by Gasteiger charge is -2.13. The van der Waals surface area contributed by atoms with Crippen LogP contribution in [0.4, 0.5) is 17.1 Å². The highest BCUT2D eigenvalue weighted by Crippen LogP contribution is 2.28. The van der Waals surface area contributed by atoms with Crippen molar-refractivity contribution in [3.63, 3.8) is 0 Å². The number of carbonyl (C=O) groups excluding carboxylic acids is 1. The summed E-state index contributed by atoms with van der Waals surface area (Å²) in [6.07, 6.45) is 0. The number of para-hydroxylation sites is 2. The van der Waals surface area contributed by atoms with Crippen molar-refractivity contribution in [2.45, 2.75) is 13.8 Å². The summed E-state index contributed by atoms with van der Waals surface area (Å²) in [5.41, 5.74) is -1.03. The second kappa shape index (κ2) is 8.06. The van der Waals surface area contributed by atoms with Crippen LogP contribution < -0.4 is 10.1 Å². The van der Waals surface area contributed by atoms with Crippen LogP contribution in [0.15, 0.2) is 42.5 Å². The zero-order valence-corrected chi connectivity index (χ0v) is 14.2. The number of nitro groups is 2. The molecule has 1 N–H and O–H groups in total. The summed E-state index contributed by atoms with van der Waals surface area (Å²) in [6, 6.07) is 9.55. The molecule has 0 unspecified atom stereocenters. The quantitative estimate of drug-likeness (QED) is 0.592. The number of anilines is 1. The molecule has 136 valence electrons. The Morgan fingerprint density at radius 2 is 1.81 bits per heavy atom. The molecule has 0 aliphatic heterocycles. The Kier molecular flexibility index (Phi) is 5.84. The van der Waals surface area contributed by atoms with Gasteiger partial charge in [0.15, 0.2) is 0 Å². The van der Waals surface area contributed by atoms with Crippen LogP contribution >= 0.6 is 0 Å². The number of nitrogens with one attached hydrogen (secondary N) is 1. The van der Waals surface area contributed by atoms with Crippen molar-refractivity contribution in [3.05, 3.63) is 68.3 Å².